The van der Waals surface area contributed by atoms with Crippen LogP contribution in [0.5, 0.6) is 0 Å². The van der Waals surface area contributed by atoms with Gasteiger partial charge < -0.3 is 9.32 Å². The minimum atomic E-state index is -0.697. The zero-order valence-corrected chi connectivity index (χ0v) is 16.3. The van der Waals surface area contributed by atoms with Crippen molar-refractivity contribution in [2.45, 2.75) is 32.7 Å². The van der Waals surface area contributed by atoms with Crippen molar-refractivity contribution >= 4 is 5.91 Å². The van der Waals surface area contributed by atoms with Gasteiger partial charge in [-0.1, -0.05) is 13.8 Å². The highest BCUT2D eigenvalue weighted by atomic mass is 19.1. The summed E-state index contributed by atoms with van der Waals surface area (Å²) < 4.78 is 33.1. The number of carbonyl (C=O) groups excluding carboxylic acids is 1. The Morgan fingerprint density at radius 1 is 1.29 bits per heavy atom. The molecule has 6 nitrogen and oxygen atoms in total. The van der Waals surface area contributed by atoms with Crippen molar-refractivity contribution in [1.82, 2.24) is 20.0 Å². The number of hydrogen-bond donors (Lipinski definition) is 0. The van der Waals surface area contributed by atoms with E-state index >= 15 is 0 Å². The van der Waals surface area contributed by atoms with Crippen molar-refractivity contribution in [3.05, 3.63) is 47.2 Å². The topological polar surface area (TPSA) is 62.5 Å². The van der Waals surface area contributed by atoms with Gasteiger partial charge in [0.05, 0.1) is 11.6 Å². The molecule has 150 valence electrons. The molecule has 1 amide bonds. The van der Waals surface area contributed by atoms with Gasteiger partial charge in [0.15, 0.2) is 0 Å². The summed E-state index contributed by atoms with van der Waals surface area (Å²) in [6.07, 6.45) is 1.54. The van der Waals surface area contributed by atoms with Gasteiger partial charge in [0, 0.05) is 31.5 Å². The van der Waals surface area contributed by atoms with Gasteiger partial charge in [-0.15, -0.1) is 10.2 Å². The molecule has 4 rings (SSSR count). The first-order chi connectivity index (χ1) is 13.3. The molecule has 0 N–H and O–H groups in total. The Kier molecular flexibility index (Phi) is 4.69. The monoisotopic (exact) mass is 390 g/mol. The first-order valence-electron chi connectivity index (χ1n) is 9.53. The van der Waals surface area contributed by atoms with Gasteiger partial charge >= 0.3 is 0 Å². The van der Waals surface area contributed by atoms with Crippen LogP contribution in [0.4, 0.5) is 8.78 Å². The van der Waals surface area contributed by atoms with Crippen LogP contribution in [0.1, 0.15) is 48.4 Å². The SMILES string of the molecule is CC(C)Cc1nnc(C2CC3(CN(C(=O)c4cc(F)ccc4F)C3)CN2C)o1. The van der Waals surface area contributed by atoms with Gasteiger partial charge in [0.1, 0.15) is 11.6 Å². The number of rotatable bonds is 4. The van der Waals surface area contributed by atoms with Crippen molar-refractivity contribution < 1.29 is 18.0 Å². The molecule has 0 saturated carbocycles. The Bertz CT molecular complexity index is 892. The Hall–Kier alpha value is -2.35. The highest BCUT2D eigenvalue weighted by Gasteiger charge is 2.53. The van der Waals surface area contributed by atoms with E-state index in [-0.39, 0.29) is 17.0 Å². The minimum Gasteiger partial charge on any atom is -0.424 e. The highest BCUT2D eigenvalue weighted by molar-refractivity contribution is 5.95. The van der Waals surface area contributed by atoms with Crippen LogP contribution in [0.15, 0.2) is 22.6 Å². The maximum atomic E-state index is 13.9. The number of carbonyl (C=O) groups is 1. The van der Waals surface area contributed by atoms with E-state index in [1.54, 1.807) is 4.90 Å². The Labute approximate surface area is 162 Å². The fourth-order valence-electron chi connectivity index (χ4n) is 4.35. The zero-order valence-electron chi connectivity index (χ0n) is 16.3. The lowest BCUT2D eigenvalue weighted by Gasteiger charge is -2.48. The van der Waals surface area contributed by atoms with Crippen LogP contribution in [0.2, 0.25) is 0 Å². The zero-order chi connectivity index (χ0) is 20.1. The molecule has 0 radical (unpaired) electrons. The maximum absolute atomic E-state index is 13.9. The van der Waals surface area contributed by atoms with Crippen molar-refractivity contribution in [2.75, 3.05) is 26.7 Å². The lowest BCUT2D eigenvalue weighted by atomic mass is 9.77. The summed E-state index contributed by atoms with van der Waals surface area (Å²) in [5.41, 5.74) is -0.293. The molecule has 28 heavy (non-hydrogen) atoms. The van der Waals surface area contributed by atoms with Gasteiger partial charge in [-0.3, -0.25) is 9.69 Å². The van der Waals surface area contributed by atoms with Crippen LogP contribution in [-0.2, 0) is 6.42 Å². The average Bonchev–Trinajstić information content (AvgIpc) is 3.18. The maximum Gasteiger partial charge on any atom is 0.256 e. The average molecular weight is 390 g/mol. The van der Waals surface area contributed by atoms with Crippen molar-refractivity contribution in [1.29, 1.82) is 0 Å². The fraction of sp³-hybridized carbons (Fsp3) is 0.550. The van der Waals surface area contributed by atoms with E-state index in [9.17, 15) is 13.6 Å². The first kappa shape index (κ1) is 19.0. The van der Waals surface area contributed by atoms with E-state index in [0.717, 1.165) is 37.6 Å². The minimum absolute atomic E-state index is 0.0107. The molecular formula is C20H24F2N4O2. The Morgan fingerprint density at radius 2 is 2.04 bits per heavy atom. The van der Waals surface area contributed by atoms with E-state index in [2.05, 4.69) is 28.9 Å². The Morgan fingerprint density at radius 3 is 2.75 bits per heavy atom. The largest absolute Gasteiger partial charge is 0.424 e. The number of likely N-dealkylation sites (tertiary alicyclic amines) is 2. The number of nitrogens with zero attached hydrogens (tertiary/aromatic N) is 4. The van der Waals surface area contributed by atoms with Gasteiger partial charge in [-0.25, -0.2) is 8.78 Å². The van der Waals surface area contributed by atoms with Gasteiger partial charge in [0.2, 0.25) is 11.8 Å². The molecule has 1 aromatic carbocycles. The van der Waals surface area contributed by atoms with Crippen molar-refractivity contribution in [2.24, 2.45) is 11.3 Å². The molecule has 8 heteroatoms. The van der Waals surface area contributed by atoms with Crippen LogP contribution in [0.25, 0.3) is 0 Å². The Balaban J connectivity index is 1.42. The molecule has 1 spiro atoms. The number of amides is 1. The molecule has 2 aromatic rings. The van der Waals surface area contributed by atoms with E-state index in [4.69, 9.17) is 4.42 Å². The van der Waals surface area contributed by atoms with Gasteiger partial charge in [0.25, 0.3) is 5.91 Å². The van der Waals surface area contributed by atoms with E-state index in [0.29, 0.717) is 30.8 Å². The molecule has 1 atom stereocenters. The summed E-state index contributed by atoms with van der Waals surface area (Å²) in [4.78, 5) is 16.3. The van der Waals surface area contributed by atoms with Gasteiger partial charge in [-0.05, 0) is 37.6 Å². The summed E-state index contributed by atoms with van der Waals surface area (Å²) in [5, 5.41) is 8.36. The lowest BCUT2D eigenvalue weighted by molar-refractivity contribution is 0.0111. The van der Waals surface area contributed by atoms with Crippen LogP contribution in [0, 0.1) is 23.0 Å². The van der Waals surface area contributed by atoms with Crippen LogP contribution in [-0.4, -0.2) is 52.6 Å². The molecule has 2 aliphatic rings. The number of benzene rings is 1. The van der Waals surface area contributed by atoms with Crippen LogP contribution >= 0.6 is 0 Å². The molecule has 2 aliphatic heterocycles. The number of aromatic nitrogens is 2. The molecule has 0 bridgehead atoms. The third-order valence-corrected chi connectivity index (χ3v) is 5.59. The molecule has 1 aromatic heterocycles. The van der Waals surface area contributed by atoms with E-state index in [1.807, 2.05) is 7.05 Å². The fourth-order valence-corrected chi connectivity index (χ4v) is 4.35. The number of halogens is 2. The predicted molar refractivity (Wildman–Crippen MR) is 97.5 cm³/mol. The second-order valence-electron chi connectivity index (χ2n) is 8.55. The van der Waals surface area contributed by atoms with E-state index in [1.165, 1.54) is 0 Å². The van der Waals surface area contributed by atoms with Crippen LogP contribution < -0.4 is 0 Å². The lowest BCUT2D eigenvalue weighted by Crippen LogP contribution is -2.59. The third kappa shape index (κ3) is 3.41. The third-order valence-electron chi connectivity index (χ3n) is 5.59. The second-order valence-corrected chi connectivity index (χ2v) is 8.55. The highest BCUT2D eigenvalue weighted by Crippen LogP contribution is 2.47. The molecule has 2 saturated heterocycles. The van der Waals surface area contributed by atoms with Crippen molar-refractivity contribution in [3.8, 4) is 0 Å². The summed E-state index contributed by atoms with van der Waals surface area (Å²) >= 11 is 0. The van der Waals surface area contributed by atoms with Gasteiger partial charge in [-0.2, -0.15) is 0 Å². The first-order valence-corrected chi connectivity index (χ1v) is 9.53. The van der Waals surface area contributed by atoms with E-state index < -0.39 is 17.5 Å². The molecule has 2 fully saturated rings. The predicted octanol–water partition coefficient (Wildman–Crippen LogP) is 3.07. The molecule has 1 unspecified atom stereocenters. The number of hydrogen-bond acceptors (Lipinski definition) is 5. The molecule has 3 heterocycles. The summed E-state index contributed by atoms with van der Waals surface area (Å²) in [6, 6.07) is 2.97. The molecule has 0 aliphatic carbocycles. The quantitative estimate of drug-likeness (QED) is 0.803. The smallest absolute Gasteiger partial charge is 0.256 e. The second kappa shape index (κ2) is 6.92. The molecular weight excluding hydrogens is 366 g/mol. The summed E-state index contributed by atoms with van der Waals surface area (Å²) in [5.74, 6) is -0.0880. The van der Waals surface area contributed by atoms with Crippen molar-refractivity contribution in [3.63, 3.8) is 0 Å². The van der Waals surface area contributed by atoms with Crippen LogP contribution in [0.3, 0.4) is 0 Å². The summed E-state index contributed by atoms with van der Waals surface area (Å²) in [7, 11) is 2.00. The normalized spacial score (nSPS) is 21.5. The standard InChI is InChI=1S/C20H24F2N4O2/c1-12(2)6-17-23-24-18(28-17)16-8-20(9-25(16)3)10-26(11-20)19(27)14-7-13(21)4-5-15(14)22/h4-5,7,12,16H,6,8-11H2,1-3H3. The summed E-state index contributed by atoms with van der Waals surface area (Å²) in [6.45, 7) is 6.00.